The van der Waals surface area contributed by atoms with Crippen LogP contribution in [0, 0.1) is 67.0 Å². The maximum absolute atomic E-state index is 14.6. The third-order valence-corrected chi connectivity index (χ3v) is 13.9. The molecular weight excluding hydrogens is 482 g/mol. The largest absolute Gasteiger partial charge is 0.299 e. The molecule has 0 aromatic rings. The van der Waals surface area contributed by atoms with Crippen LogP contribution in [-0.4, -0.2) is 17.3 Å². The summed E-state index contributed by atoms with van der Waals surface area (Å²) >= 11 is 0. The summed E-state index contributed by atoms with van der Waals surface area (Å²) in [7, 11) is 0. The molecule has 5 rings (SSSR count). The van der Waals surface area contributed by atoms with Crippen LogP contribution < -0.4 is 0 Å². The van der Waals surface area contributed by atoms with E-state index in [1.807, 2.05) is 39.8 Å². The van der Waals surface area contributed by atoms with E-state index in [1.54, 1.807) is 0 Å². The van der Waals surface area contributed by atoms with Crippen LogP contribution in [0.25, 0.3) is 0 Å². The SMILES string of the molecule is CC(C)C(=O)[C@]12CCC(C)(C)C[C@H]1[C@H]1C(=O)C=C3[C@@]4(C)C=C(C#N)C(=O)C(C)(C)[C@]4(C)CC[C@@]3(C)[C@]1(C)CC2. The summed E-state index contributed by atoms with van der Waals surface area (Å²) < 4.78 is 0. The summed E-state index contributed by atoms with van der Waals surface area (Å²) in [5.41, 5.74) is -1.24. The van der Waals surface area contributed by atoms with Crippen molar-refractivity contribution >= 4 is 17.3 Å². The molecule has 7 atom stereocenters. The molecule has 0 radical (unpaired) electrons. The van der Waals surface area contributed by atoms with E-state index < -0.39 is 21.7 Å². The van der Waals surface area contributed by atoms with Gasteiger partial charge in [0.15, 0.2) is 11.6 Å². The monoisotopic (exact) mass is 531 g/mol. The molecule has 0 heterocycles. The minimum atomic E-state index is -0.719. The molecule has 0 aromatic heterocycles. The van der Waals surface area contributed by atoms with Crippen LogP contribution in [0.5, 0.6) is 0 Å². The van der Waals surface area contributed by atoms with Gasteiger partial charge >= 0.3 is 0 Å². The number of ketones is 3. The molecule has 0 N–H and O–H groups in total. The number of hydrogen-bond acceptors (Lipinski definition) is 4. The predicted molar refractivity (Wildman–Crippen MR) is 153 cm³/mol. The zero-order valence-corrected chi connectivity index (χ0v) is 26.0. The van der Waals surface area contributed by atoms with Gasteiger partial charge in [0.05, 0.1) is 5.57 Å². The third-order valence-electron chi connectivity index (χ3n) is 13.9. The molecule has 4 heteroatoms. The molecule has 0 amide bonds. The number of fused-ring (bicyclic) bond motifs is 7. The molecule has 5 aliphatic rings. The van der Waals surface area contributed by atoms with E-state index in [9.17, 15) is 19.6 Å². The van der Waals surface area contributed by atoms with Gasteiger partial charge < -0.3 is 0 Å². The van der Waals surface area contributed by atoms with E-state index in [2.05, 4.69) is 47.6 Å². The minimum absolute atomic E-state index is 0.0377. The molecule has 3 fully saturated rings. The van der Waals surface area contributed by atoms with Gasteiger partial charge in [-0.2, -0.15) is 5.26 Å². The first-order chi connectivity index (χ1) is 17.8. The Morgan fingerprint density at radius 2 is 1.54 bits per heavy atom. The molecule has 39 heavy (non-hydrogen) atoms. The van der Waals surface area contributed by atoms with Crippen LogP contribution in [0.1, 0.15) is 114 Å². The highest BCUT2D eigenvalue weighted by atomic mass is 16.1. The Morgan fingerprint density at radius 3 is 2.13 bits per heavy atom. The highest BCUT2D eigenvalue weighted by molar-refractivity contribution is 6.05. The highest BCUT2D eigenvalue weighted by Crippen LogP contribution is 2.77. The first-order valence-corrected chi connectivity index (χ1v) is 15.3. The van der Waals surface area contributed by atoms with Gasteiger partial charge in [0.2, 0.25) is 0 Å². The lowest BCUT2D eigenvalue weighted by atomic mass is 9.31. The molecule has 4 nitrogen and oxygen atoms in total. The number of nitriles is 1. The van der Waals surface area contributed by atoms with Crippen molar-refractivity contribution in [2.24, 2.45) is 55.7 Å². The van der Waals surface area contributed by atoms with Crippen LogP contribution in [-0.2, 0) is 14.4 Å². The second-order valence-electron chi connectivity index (χ2n) is 16.5. The van der Waals surface area contributed by atoms with E-state index in [0.29, 0.717) is 5.78 Å². The molecule has 0 saturated heterocycles. The summed E-state index contributed by atoms with van der Waals surface area (Å²) in [4.78, 5) is 42.0. The number of carbonyl (C=O) groups excluding carboxylic acids is 3. The second-order valence-corrected chi connectivity index (χ2v) is 16.5. The lowest BCUT2D eigenvalue weighted by Gasteiger charge is -2.71. The van der Waals surface area contributed by atoms with E-state index >= 15 is 0 Å². The van der Waals surface area contributed by atoms with Gasteiger partial charge in [-0.1, -0.05) is 75.3 Å². The Labute approximate surface area is 236 Å². The van der Waals surface area contributed by atoms with Crippen molar-refractivity contribution < 1.29 is 14.4 Å². The first kappa shape index (κ1) is 28.5. The van der Waals surface area contributed by atoms with Crippen molar-refractivity contribution in [2.45, 2.75) is 114 Å². The molecule has 5 aliphatic carbocycles. The first-order valence-electron chi connectivity index (χ1n) is 15.3. The summed E-state index contributed by atoms with van der Waals surface area (Å²) in [6.07, 6.45) is 10.1. The number of Topliss-reactive ketones (excluding diaryl/α,β-unsaturated/α-hetero) is 2. The molecule has 0 unspecified atom stereocenters. The number of nitrogens with zero attached hydrogens (tertiary/aromatic N) is 1. The molecule has 0 aromatic carbocycles. The zero-order valence-electron chi connectivity index (χ0n) is 26.0. The van der Waals surface area contributed by atoms with Gasteiger partial charge in [0, 0.05) is 28.1 Å². The molecule has 212 valence electrons. The van der Waals surface area contributed by atoms with E-state index in [-0.39, 0.29) is 51.1 Å². The van der Waals surface area contributed by atoms with Crippen LogP contribution in [0.4, 0.5) is 0 Å². The standard InChI is InChI=1S/C35H49NO3/c1-21(2)27(38)35-15-11-29(3,4)19-23(35)26-24(37)17-25-31(7,32(26,8)13-16-35)12-14-34(10)30(5,6)28(39)22(20-36)18-33(25,34)9/h17-18,21,23,26H,11-16,19H2,1-10H3/t23-,26-,31+,32+,33+,34-,35-/m0/s1. The fourth-order valence-electron chi connectivity index (χ4n) is 10.7. The Morgan fingerprint density at radius 1 is 0.923 bits per heavy atom. The highest BCUT2D eigenvalue weighted by Gasteiger charge is 2.73. The van der Waals surface area contributed by atoms with Crippen molar-refractivity contribution in [2.75, 3.05) is 0 Å². The van der Waals surface area contributed by atoms with Crippen molar-refractivity contribution in [1.82, 2.24) is 0 Å². The smallest absolute Gasteiger partial charge is 0.179 e. The fraction of sp³-hybridized carbons (Fsp3) is 0.771. The Kier molecular flexibility index (Phi) is 5.88. The van der Waals surface area contributed by atoms with Crippen LogP contribution in [0.3, 0.4) is 0 Å². The maximum atomic E-state index is 14.6. The van der Waals surface area contributed by atoms with E-state index in [4.69, 9.17) is 0 Å². The Balaban J connectivity index is 1.73. The topological polar surface area (TPSA) is 75.0 Å². The minimum Gasteiger partial charge on any atom is -0.299 e. The molecule has 0 aliphatic heterocycles. The second kappa shape index (κ2) is 8.04. The Bertz CT molecular complexity index is 1270. The average molecular weight is 532 g/mol. The van der Waals surface area contributed by atoms with Gasteiger partial charge in [-0.15, -0.1) is 0 Å². The van der Waals surface area contributed by atoms with E-state index in [1.165, 1.54) is 0 Å². The average Bonchev–Trinajstić information content (AvgIpc) is 2.85. The lowest BCUT2D eigenvalue weighted by molar-refractivity contribution is -0.183. The maximum Gasteiger partial charge on any atom is 0.179 e. The van der Waals surface area contributed by atoms with Crippen LogP contribution in [0.15, 0.2) is 23.3 Å². The van der Waals surface area contributed by atoms with E-state index in [0.717, 1.165) is 50.5 Å². The van der Waals surface area contributed by atoms with Crippen molar-refractivity contribution in [3.8, 4) is 6.07 Å². The normalized spacial score (nSPS) is 46.1. The molecule has 3 saturated carbocycles. The van der Waals surface area contributed by atoms with Crippen molar-refractivity contribution in [3.05, 3.63) is 23.3 Å². The zero-order chi connectivity index (χ0) is 29.2. The summed E-state index contributed by atoms with van der Waals surface area (Å²) in [5.74, 6) is 0.264. The molecule has 0 spiro atoms. The molecular formula is C35H49NO3. The van der Waals surface area contributed by atoms with Gasteiger partial charge in [-0.3, -0.25) is 14.4 Å². The predicted octanol–water partition coefficient (Wildman–Crippen LogP) is 7.82. The lowest BCUT2D eigenvalue weighted by Crippen LogP contribution is -2.67. The Hall–Kier alpha value is -2.02. The number of rotatable bonds is 2. The number of hydrogen-bond donors (Lipinski definition) is 0. The summed E-state index contributed by atoms with van der Waals surface area (Å²) in [5, 5.41) is 9.98. The van der Waals surface area contributed by atoms with Gasteiger partial charge in [0.1, 0.15) is 11.9 Å². The van der Waals surface area contributed by atoms with Gasteiger partial charge in [-0.05, 0) is 84.2 Å². The van der Waals surface area contributed by atoms with Crippen LogP contribution in [0.2, 0.25) is 0 Å². The number of allylic oxidation sites excluding steroid dienone is 4. The number of carbonyl (C=O) groups is 3. The quantitative estimate of drug-likeness (QED) is 0.364. The molecule has 0 bridgehead atoms. The third kappa shape index (κ3) is 3.20. The van der Waals surface area contributed by atoms with Gasteiger partial charge in [-0.25, -0.2) is 0 Å². The summed E-state index contributed by atoms with van der Waals surface area (Å²) in [6.45, 7) is 21.7. The fourth-order valence-corrected chi connectivity index (χ4v) is 10.7. The van der Waals surface area contributed by atoms with Crippen molar-refractivity contribution in [1.29, 1.82) is 5.26 Å². The summed E-state index contributed by atoms with van der Waals surface area (Å²) in [6, 6.07) is 2.21. The van der Waals surface area contributed by atoms with Crippen LogP contribution >= 0.6 is 0 Å². The van der Waals surface area contributed by atoms with Crippen molar-refractivity contribution in [3.63, 3.8) is 0 Å². The van der Waals surface area contributed by atoms with Gasteiger partial charge in [0.25, 0.3) is 0 Å².